The number of hydrogen-bond donors (Lipinski definition) is 3. The maximum absolute atomic E-state index is 12.5. The molecule has 0 aliphatic rings. The van der Waals surface area contributed by atoms with Gasteiger partial charge in [0.15, 0.2) is 0 Å². The summed E-state index contributed by atoms with van der Waals surface area (Å²) < 4.78 is 0. The third-order valence-electron chi connectivity index (χ3n) is 4.52. The standard InChI is InChI=1S/C23H19ClN4O2/c1-13-9-16(11-17(24)10-13)23(30)26-18-5-3-15(4-6-18)22-27-20-8-7-19(25-14(2)29)12-21(20)28-22/h3-12H,1-2H3,(H,25,29)(H,26,30)(H,27,28). The van der Waals surface area contributed by atoms with Gasteiger partial charge in [-0.15, -0.1) is 0 Å². The zero-order valence-electron chi connectivity index (χ0n) is 16.4. The van der Waals surface area contributed by atoms with Crippen molar-refractivity contribution in [2.24, 2.45) is 0 Å². The molecule has 1 aromatic heterocycles. The Morgan fingerprint density at radius 3 is 2.37 bits per heavy atom. The Hall–Kier alpha value is -3.64. The van der Waals surface area contributed by atoms with Crippen LogP contribution >= 0.6 is 11.6 Å². The number of carbonyl (C=O) groups is 2. The Morgan fingerprint density at radius 2 is 1.67 bits per heavy atom. The highest BCUT2D eigenvalue weighted by Crippen LogP contribution is 2.24. The van der Waals surface area contributed by atoms with Crippen LogP contribution in [0.2, 0.25) is 5.02 Å². The third-order valence-corrected chi connectivity index (χ3v) is 4.74. The molecule has 0 unspecified atom stereocenters. The zero-order valence-corrected chi connectivity index (χ0v) is 17.2. The van der Waals surface area contributed by atoms with E-state index in [1.54, 1.807) is 18.2 Å². The Bertz CT molecular complexity index is 1240. The van der Waals surface area contributed by atoms with Crippen LogP contribution < -0.4 is 10.6 Å². The number of carbonyl (C=O) groups excluding carboxylic acids is 2. The summed E-state index contributed by atoms with van der Waals surface area (Å²) in [6.07, 6.45) is 0. The summed E-state index contributed by atoms with van der Waals surface area (Å²) in [5.74, 6) is 0.357. The van der Waals surface area contributed by atoms with Crippen LogP contribution in [-0.2, 0) is 4.79 Å². The van der Waals surface area contributed by atoms with Crippen molar-refractivity contribution in [3.8, 4) is 11.4 Å². The van der Waals surface area contributed by atoms with E-state index in [0.29, 0.717) is 27.8 Å². The molecule has 7 heteroatoms. The molecule has 4 aromatic rings. The Kier molecular flexibility index (Phi) is 5.25. The minimum absolute atomic E-state index is 0.125. The van der Waals surface area contributed by atoms with Crippen molar-refractivity contribution in [2.75, 3.05) is 10.6 Å². The molecular formula is C23H19ClN4O2. The van der Waals surface area contributed by atoms with Crippen LogP contribution in [0.3, 0.4) is 0 Å². The molecule has 4 rings (SSSR count). The number of nitrogens with one attached hydrogen (secondary N) is 3. The summed E-state index contributed by atoms with van der Waals surface area (Å²) in [5.41, 5.74) is 5.32. The number of nitrogens with zero attached hydrogens (tertiary/aromatic N) is 1. The van der Waals surface area contributed by atoms with Crippen molar-refractivity contribution in [3.05, 3.63) is 76.8 Å². The van der Waals surface area contributed by atoms with E-state index >= 15 is 0 Å². The van der Waals surface area contributed by atoms with Gasteiger partial charge in [0.05, 0.1) is 11.0 Å². The minimum Gasteiger partial charge on any atom is -0.338 e. The van der Waals surface area contributed by atoms with Crippen molar-refractivity contribution in [1.82, 2.24) is 9.97 Å². The van der Waals surface area contributed by atoms with E-state index in [1.165, 1.54) is 6.92 Å². The van der Waals surface area contributed by atoms with Crippen LogP contribution in [0.15, 0.2) is 60.7 Å². The summed E-state index contributed by atoms with van der Waals surface area (Å²) in [6.45, 7) is 3.36. The number of H-pyrrole nitrogens is 1. The van der Waals surface area contributed by atoms with Crippen LogP contribution in [0.1, 0.15) is 22.8 Å². The molecule has 0 radical (unpaired) electrons. The number of aryl methyl sites for hydroxylation is 1. The fraction of sp³-hybridized carbons (Fsp3) is 0.0870. The smallest absolute Gasteiger partial charge is 0.255 e. The predicted octanol–water partition coefficient (Wildman–Crippen LogP) is 5.40. The molecule has 3 N–H and O–H groups in total. The first-order valence-electron chi connectivity index (χ1n) is 9.34. The number of halogens is 1. The van der Waals surface area contributed by atoms with Crippen LogP contribution in [0.5, 0.6) is 0 Å². The lowest BCUT2D eigenvalue weighted by molar-refractivity contribution is -0.114. The lowest BCUT2D eigenvalue weighted by atomic mass is 10.1. The zero-order chi connectivity index (χ0) is 21.3. The van der Waals surface area contributed by atoms with Crippen LogP contribution in [0, 0.1) is 6.92 Å². The summed E-state index contributed by atoms with van der Waals surface area (Å²) in [5, 5.41) is 6.16. The normalized spacial score (nSPS) is 10.8. The molecule has 0 atom stereocenters. The fourth-order valence-electron chi connectivity index (χ4n) is 3.21. The van der Waals surface area contributed by atoms with E-state index in [-0.39, 0.29) is 11.8 Å². The third kappa shape index (κ3) is 4.34. The largest absolute Gasteiger partial charge is 0.338 e. The SMILES string of the molecule is CC(=O)Nc1ccc2nc(-c3ccc(NC(=O)c4cc(C)cc(Cl)c4)cc3)[nH]c2c1. The number of aromatic nitrogens is 2. The first-order chi connectivity index (χ1) is 14.4. The molecule has 2 amide bonds. The molecular weight excluding hydrogens is 400 g/mol. The average Bonchev–Trinajstić information content (AvgIpc) is 3.10. The van der Waals surface area contributed by atoms with Crippen LogP contribution in [0.25, 0.3) is 22.4 Å². The number of hydrogen-bond acceptors (Lipinski definition) is 3. The molecule has 0 aliphatic heterocycles. The van der Waals surface area contributed by atoms with E-state index in [2.05, 4.69) is 20.6 Å². The predicted molar refractivity (Wildman–Crippen MR) is 120 cm³/mol. The lowest BCUT2D eigenvalue weighted by Crippen LogP contribution is -2.12. The van der Waals surface area contributed by atoms with Crippen molar-refractivity contribution < 1.29 is 9.59 Å². The van der Waals surface area contributed by atoms with Crippen molar-refractivity contribution in [3.63, 3.8) is 0 Å². The second-order valence-corrected chi connectivity index (χ2v) is 7.48. The van der Waals surface area contributed by atoms with E-state index in [1.807, 2.05) is 49.4 Å². The first-order valence-corrected chi connectivity index (χ1v) is 9.71. The van der Waals surface area contributed by atoms with Gasteiger partial charge in [0.1, 0.15) is 5.82 Å². The highest BCUT2D eigenvalue weighted by molar-refractivity contribution is 6.31. The number of amides is 2. The fourth-order valence-corrected chi connectivity index (χ4v) is 3.50. The van der Waals surface area contributed by atoms with Gasteiger partial charge in [0.2, 0.25) is 5.91 Å². The summed E-state index contributed by atoms with van der Waals surface area (Å²) in [7, 11) is 0. The summed E-state index contributed by atoms with van der Waals surface area (Å²) in [4.78, 5) is 31.6. The molecule has 1 heterocycles. The molecule has 0 aliphatic carbocycles. The molecule has 0 bridgehead atoms. The lowest BCUT2D eigenvalue weighted by Gasteiger charge is -2.07. The van der Waals surface area contributed by atoms with Gasteiger partial charge in [0.25, 0.3) is 5.91 Å². The highest BCUT2D eigenvalue weighted by Gasteiger charge is 2.10. The number of benzene rings is 3. The van der Waals surface area contributed by atoms with E-state index in [9.17, 15) is 9.59 Å². The Balaban J connectivity index is 1.53. The quantitative estimate of drug-likeness (QED) is 0.414. The second-order valence-electron chi connectivity index (χ2n) is 7.05. The summed E-state index contributed by atoms with van der Waals surface area (Å²) in [6, 6.07) is 18.1. The molecule has 0 fully saturated rings. The van der Waals surface area contributed by atoms with Gasteiger partial charge in [-0.3, -0.25) is 9.59 Å². The van der Waals surface area contributed by atoms with Gasteiger partial charge in [-0.05, 0) is 73.2 Å². The monoisotopic (exact) mass is 418 g/mol. The molecule has 150 valence electrons. The average molecular weight is 419 g/mol. The van der Waals surface area contributed by atoms with E-state index in [4.69, 9.17) is 11.6 Å². The first kappa shape index (κ1) is 19.7. The molecule has 0 saturated heterocycles. The van der Waals surface area contributed by atoms with Crippen molar-refractivity contribution in [2.45, 2.75) is 13.8 Å². The Morgan fingerprint density at radius 1 is 0.933 bits per heavy atom. The molecule has 3 aromatic carbocycles. The number of fused-ring (bicyclic) bond motifs is 1. The number of aromatic amines is 1. The minimum atomic E-state index is -0.220. The van der Waals surface area contributed by atoms with Gasteiger partial charge in [0, 0.05) is 34.4 Å². The number of imidazole rings is 1. The summed E-state index contributed by atoms with van der Waals surface area (Å²) >= 11 is 6.04. The van der Waals surface area contributed by atoms with Crippen LogP contribution in [-0.4, -0.2) is 21.8 Å². The maximum atomic E-state index is 12.5. The Labute approximate surface area is 178 Å². The van der Waals surface area contributed by atoms with Crippen molar-refractivity contribution >= 4 is 45.8 Å². The highest BCUT2D eigenvalue weighted by atomic mass is 35.5. The van der Waals surface area contributed by atoms with Gasteiger partial charge in [-0.2, -0.15) is 0 Å². The second kappa shape index (κ2) is 8.00. The molecule has 0 spiro atoms. The van der Waals surface area contributed by atoms with Gasteiger partial charge < -0.3 is 15.6 Å². The van der Waals surface area contributed by atoms with Gasteiger partial charge >= 0.3 is 0 Å². The van der Waals surface area contributed by atoms with Gasteiger partial charge in [-0.1, -0.05) is 11.6 Å². The van der Waals surface area contributed by atoms with E-state index in [0.717, 1.165) is 22.2 Å². The van der Waals surface area contributed by atoms with Gasteiger partial charge in [-0.25, -0.2) is 4.98 Å². The molecule has 0 saturated carbocycles. The maximum Gasteiger partial charge on any atom is 0.255 e. The molecule has 30 heavy (non-hydrogen) atoms. The van der Waals surface area contributed by atoms with Crippen molar-refractivity contribution in [1.29, 1.82) is 0 Å². The topological polar surface area (TPSA) is 86.9 Å². The van der Waals surface area contributed by atoms with E-state index < -0.39 is 0 Å². The van der Waals surface area contributed by atoms with Crippen LogP contribution in [0.4, 0.5) is 11.4 Å². The number of anilines is 2. The molecule has 6 nitrogen and oxygen atoms in total. The number of rotatable bonds is 4.